The number of carbonyl (C=O) groups is 1. The molecule has 1 aliphatic heterocycles. The van der Waals surface area contributed by atoms with Crippen molar-refractivity contribution in [3.63, 3.8) is 0 Å². The molecule has 1 aromatic carbocycles. The van der Waals surface area contributed by atoms with Gasteiger partial charge in [-0.1, -0.05) is 36.4 Å². The molecule has 0 unspecified atom stereocenters. The molecule has 2 heterocycles. The molecule has 1 aromatic heterocycles. The molecule has 1 saturated carbocycles. The molecule has 7 nitrogen and oxygen atoms in total. The molecule has 3 N–H and O–H groups in total. The molecule has 3 atom stereocenters. The lowest BCUT2D eigenvalue weighted by Crippen LogP contribution is -2.55. The summed E-state index contributed by atoms with van der Waals surface area (Å²) < 4.78 is 27.4. The topological polar surface area (TPSA) is 72.5 Å². The van der Waals surface area contributed by atoms with E-state index < -0.39 is 5.92 Å². The van der Waals surface area contributed by atoms with Gasteiger partial charge in [0.05, 0.1) is 17.8 Å². The number of rotatable bonds is 14. The number of pyridine rings is 1. The quantitative estimate of drug-likeness (QED) is 0.259. The highest BCUT2D eigenvalue weighted by molar-refractivity contribution is 5.79. The maximum atomic E-state index is 13.7. The maximum absolute atomic E-state index is 13.7. The van der Waals surface area contributed by atoms with Crippen molar-refractivity contribution < 1.29 is 13.6 Å². The Kier molecular flexibility index (Phi) is 12.1. The Morgan fingerprint density at radius 2 is 1.95 bits per heavy atom. The largest absolute Gasteiger partial charge is 0.349 e. The second kappa shape index (κ2) is 16.2. The Labute approximate surface area is 262 Å². The Bertz CT molecular complexity index is 1160. The molecule has 44 heavy (non-hydrogen) atoms. The normalized spacial score (nSPS) is 23.3. The number of fused-ring (bicyclic) bond motifs is 1. The number of alkyl halides is 2. The second-order valence-electron chi connectivity index (χ2n) is 13.1. The van der Waals surface area contributed by atoms with Crippen molar-refractivity contribution >= 4 is 5.91 Å². The van der Waals surface area contributed by atoms with Crippen LogP contribution < -0.4 is 16.0 Å². The van der Waals surface area contributed by atoms with Crippen molar-refractivity contribution in [3.05, 3.63) is 65.5 Å². The van der Waals surface area contributed by atoms with Crippen LogP contribution in [0.25, 0.3) is 0 Å². The summed E-state index contributed by atoms with van der Waals surface area (Å²) in [5.41, 5.74) is 3.74. The number of aromatic nitrogens is 1. The summed E-state index contributed by atoms with van der Waals surface area (Å²) in [6, 6.07) is 15.0. The molecule has 0 radical (unpaired) electrons. The van der Waals surface area contributed by atoms with Crippen LogP contribution in [0.3, 0.4) is 0 Å². The fraction of sp³-hybridized carbons (Fsp3) is 0.657. The monoisotopic (exact) mass is 610 g/mol. The van der Waals surface area contributed by atoms with E-state index in [1.54, 1.807) is 0 Å². The highest BCUT2D eigenvalue weighted by Crippen LogP contribution is 2.37. The molecule has 242 valence electrons. The fourth-order valence-corrected chi connectivity index (χ4v) is 7.35. The number of nitrogens with one attached hydrogen (secondary N) is 3. The summed E-state index contributed by atoms with van der Waals surface area (Å²) in [4.78, 5) is 23.3. The van der Waals surface area contributed by atoms with Crippen LogP contribution in [0.5, 0.6) is 0 Å². The minimum atomic E-state index is -2.63. The van der Waals surface area contributed by atoms with Gasteiger partial charge in [-0.05, 0) is 88.7 Å². The molecule has 1 saturated heterocycles. The van der Waals surface area contributed by atoms with Gasteiger partial charge in [-0.25, -0.2) is 8.78 Å². The lowest BCUT2D eigenvalue weighted by Gasteiger charge is -2.41. The third-order valence-electron chi connectivity index (χ3n) is 9.86. The first kappa shape index (κ1) is 32.9. The first-order valence-corrected chi connectivity index (χ1v) is 16.9. The number of benzene rings is 1. The van der Waals surface area contributed by atoms with Gasteiger partial charge in [-0.2, -0.15) is 0 Å². The predicted octanol–water partition coefficient (Wildman–Crippen LogP) is 5.11. The van der Waals surface area contributed by atoms with Crippen molar-refractivity contribution in [3.8, 4) is 0 Å². The zero-order valence-corrected chi connectivity index (χ0v) is 26.5. The van der Waals surface area contributed by atoms with Gasteiger partial charge in [0, 0.05) is 63.7 Å². The Hall–Kier alpha value is -2.46. The van der Waals surface area contributed by atoms with Crippen LogP contribution in [-0.2, 0) is 11.2 Å². The molecular formula is C35H52F2N6O. The summed E-state index contributed by atoms with van der Waals surface area (Å²) in [5, 5.41) is 10.3. The number of hydrogen-bond donors (Lipinski definition) is 3. The van der Waals surface area contributed by atoms with Crippen molar-refractivity contribution in [2.24, 2.45) is 5.92 Å². The van der Waals surface area contributed by atoms with E-state index in [1.165, 1.54) is 17.7 Å². The maximum Gasteiger partial charge on any atom is 0.248 e. The molecule has 0 spiro atoms. The van der Waals surface area contributed by atoms with Crippen molar-refractivity contribution in [2.45, 2.75) is 88.3 Å². The number of halogens is 2. The van der Waals surface area contributed by atoms with Gasteiger partial charge < -0.3 is 20.9 Å². The third-order valence-corrected chi connectivity index (χ3v) is 9.86. The summed E-state index contributed by atoms with van der Waals surface area (Å²) in [5.74, 6) is -3.04. The van der Waals surface area contributed by atoms with Gasteiger partial charge in [0.1, 0.15) is 0 Å². The number of unbranched alkanes of at least 4 members (excludes halogenated alkanes) is 1. The standard InChI is InChI=1S/C35H52F2N6O/c1-38-19-5-6-22-43(32-13-7-11-28-12-8-20-40-33(28)32)26-30-25-42(24-21-39-30)23-16-31(27-9-3-2-4-10-27)41-34(44)29-14-17-35(36,37)18-15-29/h2-4,8-10,12,20,29-32,38-39H,5-7,11,13-19,21-26H2,1H3,(H,41,44)/t30-,31-,32-/m0/s1. The smallest absolute Gasteiger partial charge is 0.248 e. The van der Waals surface area contributed by atoms with Crippen LogP contribution in [0.15, 0.2) is 48.7 Å². The van der Waals surface area contributed by atoms with Crippen LogP contribution in [0.4, 0.5) is 8.78 Å². The molecule has 3 aliphatic rings. The Morgan fingerprint density at radius 1 is 1.14 bits per heavy atom. The molecule has 2 aliphatic carbocycles. The highest BCUT2D eigenvalue weighted by atomic mass is 19.3. The van der Waals surface area contributed by atoms with E-state index in [0.717, 1.165) is 83.5 Å². The molecule has 2 fully saturated rings. The first-order valence-electron chi connectivity index (χ1n) is 16.9. The van der Waals surface area contributed by atoms with Gasteiger partial charge >= 0.3 is 0 Å². The summed E-state index contributed by atoms with van der Waals surface area (Å²) in [6.45, 7) is 6.83. The van der Waals surface area contributed by atoms with E-state index in [1.807, 2.05) is 31.4 Å². The average molecular weight is 611 g/mol. The van der Waals surface area contributed by atoms with E-state index >= 15 is 0 Å². The van der Waals surface area contributed by atoms with Gasteiger partial charge in [-0.15, -0.1) is 0 Å². The molecule has 1 amide bonds. The summed E-state index contributed by atoms with van der Waals surface area (Å²) in [6.07, 6.45) is 8.66. The number of carbonyl (C=O) groups excluding carboxylic acids is 1. The lowest BCUT2D eigenvalue weighted by atomic mass is 9.86. The zero-order chi connectivity index (χ0) is 30.8. The SMILES string of the molecule is CNCCCCN(C[C@@H]1CN(CC[C@H](NC(=O)C2CCC(F)(F)CC2)c2ccccc2)CCN1)[C@H]1CCCc2cccnc21. The molecular weight excluding hydrogens is 558 g/mol. The number of piperazine rings is 1. The van der Waals surface area contributed by atoms with Crippen LogP contribution in [0, 0.1) is 5.92 Å². The molecule has 5 rings (SSSR count). The van der Waals surface area contributed by atoms with E-state index in [2.05, 4.69) is 50.0 Å². The number of aryl methyl sites for hydroxylation is 1. The van der Waals surface area contributed by atoms with Gasteiger partial charge in [0.25, 0.3) is 0 Å². The third kappa shape index (κ3) is 9.28. The van der Waals surface area contributed by atoms with E-state index in [9.17, 15) is 13.6 Å². The van der Waals surface area contributed by atoms with Crippen molar-refractivity contribution in [1.82, 2.24) is 30.7 Å². The van der Waals surface area contributed by atoms with E-state index in [-0.39, 0.29) is 43.6 Å². The molecule has 0 bridgehead atoms. The summed E-state index contributed by atoms with van der Waals surface area (Å²) in [7, 11) is 2.02. The first-order chi connectivity index (χ1) is 21.4. The number of nitrogens with zero attached hydrogens (tertiary/aromatic N) is 3. The van der Waals surface area contributed by atoms with Crippen LogP contribution in [-0.4, -0.2) is 85.5 Å². The number of amides is 1. The van der Waals surface area contributed by atoms with Crippen molar-refractivity contribution in [1.29, 1.82) is 0 Å². The van der Waals surface area contributed by atoms with E-state index in [4.69, 9.17) is 4.98 Å². The summed E-state index contributed by atoms with van der Waals surface area (Å²) >= 11 is 0. The average Bonchev–Trinajstić information content (AvgIpc) is 3.04. The molecule has 9 heteroatoms. The number of hydrogen-bond acceptors (Lipinski definition) is 6. The zero-order valence-electron chi connectivity index (χ0n) is 26.5. The van der Waals surface area contributed by atoms with Crippen molar-refractivity contribution in [2.75, 3.05) is 52.9 Å². The van der Waals surface area contributed by atoms with Gasteiger partial charge in [-0.3, -0.25) is 14.7 Å². The van der Waals surface area contributed by atoms with E-state index in [0.29, 0.717) is 12.1 Å². The minimum Gasteiger partial charge on any atom is -0.349 e. The Balaban J connectivity index is 1.20. The fourth-order valence-electron chi connectivity index (χ4n) is 7.35. The predicted molar refractivity (Wildman–Crippen MR) is 172 cm³/mol. The highest BCUT2D eigenvalue weighted by Gasteiger charge is 2.38. The van der Waals surface area contributed by atoms with Crippen LogP contribution in [0.1, 0.15) is 86.7 Å². The van der Waals surface area contributed by atoms with Crippen LogP contribution in [0.2, 0.25) is 0 Å². The van der Waals surface area contributed by atoms with Gasteiger partial charge in [0.2, 0.25) is 11.8 Å². The Morgan fingerprint density at radius 3 is 2.75 bits per heavy atom. The second-order valence-corrected chi connectivity index (χ2v) is 13.1. The molecule has 2 aromatic rings. The van der Waals surface area contributed by atoms with Gasteiger partial charge in [0.15, 0.2) is 0 Å². The minimum absolute atomic E-state index is 0.0807. The lowest BCUT2D eigenvalue weighted by molar-refractivity contribution is -0.130. The van der Waals surface area contributed by atoms with Crippen LogP contribution >= 0.6 is 0 Å².